The number of hydrogen-bond acceptors (Lipinski definition) is 4. The highest BCUT2D eigenvalue weighted by Gasteiger charge is 2.41. The molecule has 7 heteroatoms. The van der Waals surface area contributed by atoms with Gasteiger partial charge in [-0.05, 0) is 53.6 Å². The summed E-state index contributed by atoms with van der Waals surface area (Å²) in [5.74, 6) is 1.00. The van der Waals surface area contributed by atoms with Gasteiger partial charge >= 0.3 is 0 Å². The van der Waals surface area contributed by atoms with Crippen molar-refractivity contribution in [2.45, 2.75) is 38.1 Å². The predicted octanol–water partition coefficient (Wildman–Crippen LogP) is 3.94. The number of rotatable bonds is 3. The van der Waals surface area contributed by atoms with Gasteiger partial charge in [0.05, 0.1) is 5.56 Å². The molecule has 1 saturated carbocycles. The Kier molecular flexibility index (Phi) is 4.54. The molecule has 0 unspecified atom stereocenters. The molecule has 0 radical (unpaired) electrons. The largest absolute Gasteiger partial charge is 0.340 e. The Balaban J connectivity index is 1.91. The van der Waals surface area contributed by atoms with Gasteiger partial charge in [0.1, 0.15) is 5.54 Å². The van der Waals surface area contributed by atoms with Gasteiger partial charge in [-0.1, -0.05) is 33.9 Å². The third kappa shape index (κ3) is 3.05. The zero-order chi connectivity index (χ0) is 15.7. The number of nitrogens with one attached hydrogen (secondary N) is 1. The highest BCUT2D eigenvalue weighted by Crippen LogP contribution is 2.37. The quantitative estimate of drug-likeness (QED) is 0.682. The monoisotopic (exact) mass is 475 g/mol. The second-order valence-electron chi connectivity index (χ2n) is 5.50. The summed E-state index contributed by atoms with van der Waals surface area (Å²) in [5.41, 5.74) is 0.140. The number of halogens is 2. The minimum Gasteiger partial charge on any atom is -0.340 e. The first-order chi connectivity index (χ1) is 10.5. The van der Waals surface area contributed by atoms with E-state index in [1.54, 1.807) is 6.92 Å². The second kappa shape index (κ2) is 6.27. The smallest absolute Gasteiger partial charge is 0.253 e. The Morgan fingerprint density at radius 3 is 2.77 bits per heavy atom. The van der Waals surface area contributed by atoms with Gasteiger partial charge in [-0.3, -0.25) is 4.79 Å². The van der Waals surface area contributed by atoms with Gasteiger partial charge in [0, 0.05) is 15.0 Å². The number of hydrogen-bond donors (Lipinski definition) is 1. The van der Waals surface area contributed by atoms with Crippen molar-refractivity contribution < 1.29 is 9.32 Å². The third-order valence-electron chi connectivity index (χ3n) is 3.94. The lowest BCUT2D eigenvalue weighted by molar-refractivity contribution is 0.0891. The van der Waals surface area contributed by atoms with Gasteiger partial charge in [-0.2, -0.15) is 4.98 Å². The van der Waals surface area contributed by atoms with Crippen molar-refractivity contribution in [1.29, 1.82) is 0 Å². The molecular formula is C15H15BrIN3O2. The summed E-state index contributed by atoms with van der Waals surface area (Å²) in [6.07, 6.45) is 3.76. The van der Waals surface area contributed by atoms with E-state index in [1.165, 1.54) is 0 Å². The number of aromatic nitrogens is 2. The maximum absolute atomic E-state index is 12.7. The van der Waals surface area contributed by atoms with Gasteiger partial charge in [-0.25, -0.2) is 0 Å². The van der Waals surface area contributed by atoms with E-state index in [0.29, 0.717) is 17.3 Å². The summed E-state index contributed by atoms with van der Waals surface area (Å²) >= 11 is 5.59. The Morgan fingerprint density at radius 1 is 1.41 bits per heavy atom. The van der Waals surface area contributed by atoms with E-state index < -0.39 is 5.54 Å². The lowest BCUT2D eigenvalue weighted by atomic mass is 9.96. The summed E-state index contributed by atoms with van der Waals surface area (Å²) in [7, 11) is 0. The molecule has 1 aliphatic carbocycles. The zero-order valence-corrected chi connectivity index (χ0v) is 15.8. The first-order valence-electron chi connectivity index (χ1n) is 7.08. The van der Waals surface area contributed by atoms with Crippen LogP contribution < -0.4 is 5.32 Å². The van der Waals surface area contributed by atoms with Gasteiger partial charge in [0.25, 0.3) is 5.91 Å². The molecule has 1 aromatic carbocycles. The average molecular weight is 476 g/mol. The first kappa shape index (κ1) is 15.9. The van der Waals surface area contributed by atoms with Crippen LogP contribution in [0.15, 0.2) is 27.2 Å². The van der Waals surface area contributed by atoms with Crippen LogP contribution in [0.1, 0.15) is 47.8 Å². The molecule has 0 aliphatic heterocycles. The molecule has 0 saturated heterocycles. The summed E-state index contributed by atoms with van der Waals surface area (Å²) in [4.78, 5) is 17.1. The fraction of sp³-hybridized carbons (Fsp3) is 0.400. The minimum absolute atomic E-state index is 0.102. The van der Waals surface area contributed by atoms with Gasteiger partial charge in [-0.15, -0.1) is 0 Å². The summed E-state index contributed by atoms with van der Waals surface area (Å²) in [6.45, 7) is 1.76. The van der Waals surface area contributed by atoms with Crippen molar-refractivity contribution in [3.8, 4) is 0 Å². The molecule has 3 rings (SSSR count). The fourth-order valence-electron chi connectivity index (χ4n) is 2.83. The lowest BCUT2D eigenvalue weighted by Gasteiger charge is -2.27. The topological polar surface area (TPSA) is 68.0 Å². The molecule has 1 aromatic heterocycles. The van der Waals surface area contributed by atoms with Crippen molar-refractivity contribution >= 4 is 44.4 Å². The normalized spacial score (nSPS) is 16.7. The summed E-state index contributed by atoms with van der Waals surface area (Å²) in [6, 6.07) is 5.67. The molecule has 116 valence electrons. The molecule has 2 aromatic rings. The van der Waals surface area contributed by atoms with Crippen LogP contribution in [0, 0.1) is 10.5 Å². The molecule has 0 bridgehead atoms. The Morgan fingerprint density at radius 2 is 2.14 bits per heavy atom. The van der Waals surface area contributed by atoms with Crippen LogP contribution in [-0.2, 0) is 5.54 Å². The van der Waals surface area contributed by atoms with Crippen LogP contribution in [0.4, 0.5) is 0 Å². The predicted molar refractivity (Wildman–Crippen MR) is 93.5 cm³/mol. The van der Waals surface area contributed by atoms with Gasteiger partial charge in [0.15, 0.2) is 5.82 Å². The lowest BCUT2D eigenvalue weighted by Crippen LogP contribution is -2.45. The Labute approximate surface area is 150 Å². The number of nitrogens with zero attached hydrogens (tertiary/aromatic N) is 2. The molecule has 1 amide bonds. The number of aryl methyl sites for hydroxylation is 1. The molecule has 1 N–H and O–H groups in total. The molecule has 0 spiro atoms. The summed E-state index contributed by atoms with van der Waals surface area (Å²) < 4.78 is 6.91. The zero-order valence-electron chi connectivity index (χ0n) is 12.0. The number of carbonyl (C=O) groups excluding carboxylic acids is 1. The van der Waals surface area contributed by atoms with Crippen molar-refractivity contribution in [3.05, 3.63) is 43.5 Å². The third-order valence-corrected chi connectivity index (χ3v) is 5.37. The molecule has 1 aliphatic rings. The van der Waals surface area contributed by atoms with E-state index in [9.17, 15) is 4.79 Å². The highest BCUT2D eigenvalue weighted by molar-refractivity contribution is 14.1. The van der Waals surface area contributed by atoms with E-state index in [1.807, 2.05) is 18.2 Å². The van der Waals surface area contributed by atoms with Crippen LogP contribution in [0.25, 0.3) is 0 Å². The number of amides is 1. The molecule has 1 heterocycles. The van der Waals surface area contributed by atoms with Crippen molar-refractivity contribution in [3.63, 3.8) is 0 Å². The van der Waals surface area contributed by atoms with Crippen LogP contribution in [0.2, 0.25) is 0 Å². The van der Waals surface area contributed by atoms with Crippen molar-refractivity contribution in [1.82, 2.24) is 15.5 Å². The van der Waals surface area contributed by atoms with E-state index >= 15 is 0 Å². The molecule has 0 atom stereocenters. The number of benzene rings is 1. The van der Waals surface area contributed by atoms with E-state index in [-0.39, 0.29) is 5.91 Å². The average Bonchev–Trinajstić information content (AvgIpc) is 3.11. The molecule has 5 nitrogen and oxygen atoms in total. The van der Waals surface area contributed by atoms with Crippen LogP contribution in [-0.4, -0.2) is 16.0 Å². The van der Waals surface area contributed by atoms with Crippen LogP contribution in [0.5, 0.6) is 0 Å². The van der Waals surface area contributed by atoms with Gasteiger partial charge in [0.2, 0.25) is 5.89 Å². The Hall–Kier alpha value is -0.960. The van der Waals surface area contributed by atoms with Crippen LogP contribution >= 0.6 is 38.5 Å². The van der Waals surface area contributed by atoms with E-state index in [4.69, 9.17) is 4.52 Å². The maximum atomic E-state index is 12.7. The van der Waals surface area contributed by atoms with Crippen molar-refractivity contribution in [2.75, 3.05) is 0 Å². The first-order valence-corrected chi connectivity index (χ1v) is 8.96. The highest BCUT2D eigenvalue weighted by atomic mass is 127. The number of carbonyl (C=O) groups is 1. The second-order valence-corrected chi connectivity index (χ2v) is 7.58. The van der Waals surface area contributed by atoms with Gasteiger partial charge < -0.3 is 9.84 Å². The molecule has 22 heavy (non-hydrogen) atoms. The maximum Gasteiger partial charge on any atom is 0.253 e. The van der Waals surface area contributed by atoms with Crippen LogP contribution in [0.3, 0.4) is 0 Å². The van der Waals surface area contributed by atoms with E-state index in [2.05, 4.69) is 54.0 Å². The SMILES string of the molecule is Cc1nc(C2(NC(=O)c3cc(Br)ccc3I)CCCC2)no1. The standard InChI is InChI=1S/C15H15BrIN3O2/c1-9-18-14(20-22-9)15(6-2-3-7-15)19-13(21)11-8-10(16)4-5-12(11)17/h4-5,8H,2-3,6-7H2,1H3,(H,19,21). The minimum atomic E-state index is -0.514. The van der Waals surface area contributed by atoms with Crippen molar-refractivity contribution in [2.24, 2.45) is 0 Å². The molecular weight excluding hydrogens is 461 g/mol. The Bertz CT molecular complexity index is 711. The molecule has 1 fully saturated rings. The van der Waals surface area contributed by atoms with E-state index in [0.717, 1.165) is 33.7 Å². The summed E-state index contributed by atoms with van der Waals surface area (Å²) in [5, 5.41) is 7.20. The fourth-order valence-corrected chi connectivity index (χ4v) is 3.77.